The Morgan fingerprint density at radius 1 is 1.20 bits per heavy atom. The number of benzene rings is 1. The maximum Gasteiger partial charge on any atom is 0.251 e. The predicted octanol–water partition coefficient (Wildman–Crippen LogP) is 3.59. The van der Waals surface area contributed by atoms with Crippen molar-refractivity contribution in [2.45, 2.75) is 19.8 Å². The van der Waals surface area contributed by atoms with Crippen LogP contribution in [0.2, 0.25) is 0 Å². The number of hydrogen-bond donors (Lipinski definition) is 2. The Hall–Kier alpha value is -3.88. The summed E-state index contributed by atoms with van der Waals surface area (Å²) >= 11 is 0. The molecule has 0 aliphatic carbocycles. The number of methoxy groups -OCH3 is 1. The summed E-state index contributed by atoms with van der Waals surface area (Å²) in [5, 5.41) is 6.08. The van der Waals surface area contributed by atoms with Crippen molar-refractivity contribution in [3.63, 3.8) is 0 Å². The van der Waals surface area contributed by atoms with E-state index in [1.54, 1.807) is 26.6 Å². The molecule has 35 heavy (non-hydrogen) atoms. The largest absolute Gasteiger partial charge is 0.496 e. The zero-order valence-corrected chi connectivity index (χ0v) is 20.8. The maximum absolute atomic E-state index is 12.0. The molecule has 1 amide bonds. The fourth-order valence-corrected chi connectivity index (χ4v) is 4.10. The molecule has 0 spiro atoms. The summed E-state index contributed by atoms with van der Waals surface area (Å²) in [5.41, 5.74) is 3.30. The average Bonchev–Trinajstić information content (AvgIpc) is 2.90. The van der Waals surface area contributed by atoms with Crippen molar-refractivity contribution in [2.24, 2.45) is 5.92 Å². The summed E-state index contributed by atoms with van der Waals surface area (Å²) in [7, 11) is 5.25. The van der Waals surface area contributed by atoms with Crippen LogP contribution in [0.25, 0.3) is 11.3 Å². The van der Waals surface area contributed by atoms with Crippen LogP contribution in [-0.4, -0.2) is 61.8 Å². The van der Waals surface area contributed by atoms with Gasteiger partial charge in [0, 0.05) is 44.0 Å². The van der Waals surface area contributed by atoms with Crippen molar-refractivity contribution >= 4 is 17.5 Å². The second-order valence-electron chi connectivity index (χ2n) is 8.79. The molecule has 2 atom stereocenters. The van der Waals surface area contributed by atoms with Gasteiger partial charge in [0.2, 0.25) is 0 Å². The molecule has 9 nitrogen and oxygen atoms in total. The molecule has 0 fully saturated rings. The van der Waals surface area contributed by atoms with Crippen LogP contribution in [0, 0.1) is 5.92 Å². The van der Waals surface area contributed by atoms with Crippen LogP contribution in [0.3, 0.4) is 0 Å². The third-order valence-corrected chi connectivity index (χ3v) is 6.51. The van der Waals surface area contributed by atoms with Crippen molar-refractivity contribution in [3.05, 3.63) is 54.0 Å². The number of anilines is 2. The zero-order valence-electron chi connectivity index (χ0n) is 20.8. The van der Waals surface area contributed by atoms with Gasteiger partial charge in [-0.15, -0.1) is 0 Å². The molecule has 4 rings (SSSR count). The molecule has 1 unspecified atom stereocenters. The zero-order chi connectivity index (χ0) is 24.9. The number of likely N-dealkylation sites (N-methyl/N-ethyl adjacent to an activating group) is 1. The normalized spacial score (nSPS) is 14.4. The van der Waals surface area contributed by atoms with Crippen molar-refractivity contribution in [2.75, 3.05) is 51.1 Å². The van der Waals surface area contributed by atoms with Gasteiger partial charge in [-0.3, -0.25) is 4.79 Å². The number of ether oxygens (including phenoxy) is 2. The molecule has 2 N–H and O–H groups in total. The molecular weight excluding hydrogens is 444 g/mol. The predicted molar refractivity (Wildman–Crippen MR) is 136 cm³/mol. The Kier molecular flexibility index (Phi) is 7.33. The Balaban J connectivity index is 1.45. The van der Waals surface area contributed by atoms with E-state index in [-0.39, 0.29) is 17.7 Å². The van der Waals surface area contributed by atoms with E-state index in [1.807, 2.05) is 37.5 Å². The highest BCUT2D eigenvalue weighted by Gasteiger charge is 2.20. The standard InChI is InChI=1S/C26H32N6O3/c1-16(17(2)20-7-6-18(26(33)27-3)10-22(20)34-5)13-28-24-12-21(30-15-31-24)19-11-23-25(29-14-19)32(4)8-9-35-23/h6-7,10-12,14-17H,8-9,13H2,1-5H3,(H,27,33)(H,28,30,31)/t16-,17?/m1/s1. The summed E-state index contributed by atoms with van der Waals surface area (Å²) in [6.45, 7) is 6.49. The first-order valence-electron chi connectivity index (χ1n) is 11.7. The van der Waals surface area contributed by atoms with Gasteiger partial charge in [-0.1, -0.05) is 19.9 Å². The van der Waals surface area contributed by atoms with Crippen LogP contribution >= 0.6 is 0 Å². The molecule has 184 valence electrons. The van der Waals surface area contributed by atoms with Crippen molar-refractivity contribution < 1.29 is 14.3 Å². The summed E-state index contributed by atoms with van der Waals surface area (Å²) in [6, 6.07) is 9.49. The van der Waals surface area contributed by atoms with Crippen LogP contribution in [0.1, 0.15) is 35.7 Å². The van der Waals surface area contributed by atoms with Gasteiger partial charge < -0.3 is 25.0 Å². The minimum Gasteiger partial charge on any atom is -0.496 e. The number of amides is 1. The average molecular weight is 477 g/mol. The maximum atomic E-state index is 12.0. The summed E-state index contributed by atoms with van der Waals surface area (Å²) in [4.78, 5) is 27.4. The molecule has 0 radical (unpaired) electrons. The highest BCUT2D eigenvalue weighted by atomic mass is 16.5. The molecule has 9 heteroatoms. The van der Waals surface area contributed by atoms with E-state index >= 15 is 0 Å². The Morgan fingerprint density at radius 3 is 2.80 bits per heavy atom. The second-order valence-corrected chi connectivity index (χ2v) is 8.79. The van der Waals surface area contributed by atoms with Crippen molar-refractivity contribution in [3.8, 4) is 22.8 Å². The lowest BCUT2D eigenvalue weighted by molar-refractivity contribution is 0.0962. The SMILES string of the molecule is CNC(=O)c1ccc(C(C)[C@H](C)CNc2cc(-c3cnc4c(c3)OCCN4C)ncn2)c(OC)c1. The van der Waals surface area contributed by atoms with E-state index in [1.165, 1.54) is 0 Å². The van der Waals surface area contributed by atoms with E-state index in [2.05, 4.69) is 44.3 Å². The molecule has 0 saturated heterocycles. The van der Waals surface area contributed by atoms with Gasteiger partial charge in [0.05, 0.1) is 19.3 Å². The molecular formula is C26H32N6O3. The van der Waals surface area contributed by atoms with Gasteiger partial charge in [-0.25, -0.2) is 15.0 Å². The highest BCUT2D eigenvalue weighted by molar-refractivity contribution is 5.94. The number of nitrogens with zero attached hydrogens (tertiary/aromatic N) is 4. The van der Waals surface area contributed by atoms with Gasteiger partial charge >= 0.3 is 0 Å². The van der Waals surface area contributed by atoms with Gasteiger partial charge in [0.25, 0.3) is 5.91 Å². The molecule has 0 bridgehead atoms. The van der Waals surface area contributed by atoms with E-state index < -0.39 is 0 Å². The Labute approximate surface area is 205 Å². The topological polar surface area (TPSA) is 102 Å². The van der Waals surface area contributed by atoms with Crippen molar-refractivity contribution in [1.29, 1.82) is 0 Å². The summed E-state index contributed by atoms with van der Waals surface area (Å²) in [6.07, 6.45) is 3.37. The molecule has 1 aliphatic heterocycles. The molecule has 1 aromatic carbocycles. The van der Waals surface area contributed by atoms with Crippen LogP contribution in [0.4, 0.5) is 11.6 Å². The Morgan fingerprint density at radius 2 is 2.03 bits per heavy atom. The lowest BCUT2D eigenvalue weighted by Crippen LogP contribution is -2.29. The number of carbonyl (C=O) groups excluding carboxylic acids is 1. The number of hydrogen-bond acceptors (Lipinski definition) is 8. The van der Waals surface area contributed by atoms with Crippen LogP contribution in [-0.2, 0) is 0 Å². The van der Waals surface area contributed by atoms with Crippen molar-refractivity contribution in [1.82, 2.24) is 20.3 Å². The van der Waals surface area contributed by atoms with E-state index in [0.717, 1.165) is 40.8 Å². The van der Waals surface area contributed by atoms with Gasteiger partial charge in [0.1, 0.15) is 24.5 Å². The quantitative estimate of drug-likeness (QED) is 0.509. The van der Waals surface area contributed by atoms with Gasteiger partial charge in [-0.2, -0.15) is 0 Å². The highest BCUT2D eigenvalue weighted by Crippen LogP contribution is 2.34. The van der Waals surface area contributed by atoms with E-state index in [9.17, 15) is 4.79 Å². The minimum absolute atomic E-state index is 0.135. The van der Waals surface area contributed by atoms with E-state index in [0.29, 0.717) is 24.5 Å². The number of pyridine rings is 1. The molecule has 3 heterocycles. The molecule has 2 aromatic heterocycles. The number of aromatic nitrogens is 3. The number of fused-ring (bicyclic) bond motifs is 1. The lowest BCUT2D eigenvalue weighted by atomic mass is 9.87. The summed E-state index contributed by atoms with van der Waals surface area (Å²) in [5.74, 6) is 3.38. The molecule has 0 saturated carbocycles. The minimum atomic E-state index is -0.135. The van der Waals surface area contributed by atoms with Crippen LogP contribution in [0.15, 0.2) is 42.9 Å². The monoisotopic (exact) mass is 476 g/mol. The third-order valence-electron chi connectivity index (χ3n) is 6.51. The number of rotatable bonds is 8. The van der Waals surface area contributed by atoms with E-state index in [4.69, 9.17) is 9.47 Å². The first kappa shape index (κ1) is 24.3. The van der Waals surface area contributed by atoms with Crippen LogP contribution < -0.4 is 25.0 Å². The number of carbonyl (C=O) groups is 1. The fraction of sp³-hybridized carbons (Fsp3) is 0.385. The fourth-order valence-electron chi connectivity index (χ4n) is 4.10. The summed E-state index contributed by atoms with van der Waals surface area (Å²) < 4.78 is 11.4. The van der Waals surface area contributed by atoms with Gasteiger partial charge in [-0.05, 0) is 35.6 Å². The first-order valence-corrected chi connectivity index (χ1v) is 11.7. The number of nitrogens with one attached hydrogen (secondary N) is 2. The first-order chi connectivity index (χ1) is 16.9. The Bertz CT molecular complexity index is 1200. The third kappa shape index (κ3) is 5.29. The molecule has 3 aromatic rings. The van der Waals surface area contributed by atoms with Gasteiger partial charge in [0.15, 0.2) is 11.6 Å². The van der Waals surface area contributed by atoms with Crippen LogP contribution in [0.5, 0.6) is 11.5 Å². The smallest absolute Gasteiger partial charge is 0.251 e. The molecule has 1 aliphatic rings. The lowest BCUT2D eigenvalue weighted by Gasteiger charge is -2.26. The second kappa shape index (κ2) is 10.6.